The zero-order chi connectivity index (χ0) is 21.8. The van der Waals surface area contributed by atoms with E-state index >= 15 is 0 Å². The Morgan fingerprint density at radius 1 is 1.13 bits per heavy atom. The van der Waals surface area contributed by atoms with Crippen LogP contribution in [0, 0.1) is 0 Å². The van der Waals surface area contributed by atoms with E-state index < -0.39 is 0 Å². The number of thioether (sulfide) groups is 1. The van der Waals surface area contributed by atoms with Gasteiger partial charge in [-0.1, -0.05) is 12.1 Å². The fourth-order valence-corrected chi connectivity index (χ4v) is 5.01. The average Bonchev–Trinajstić information content (AvgIpc) is 2.77. The van der Waals surface area contributed by atoms with E-state index in [1.807, 2.05) is 36.4 Å². The molecule has 1 saturated heterocycles. The standard InChI is InChI=1S/C23H28N4O3S/c1-16-14-26(15-17(2)30-16)21-8-7-18(13-24-21)25-22(28)9-10-23(29)27-11-12-31-20-6-4-3-5-19(20)27/h3-8,13,16-17H,9-12,14-15H2,1-2H3,(H,25,28). The zero-order valence-corrected chi connectivity index (χ0v) is 18.7. The number of para-hydroxylation sites is 1. The Morgan fingerprint density at radius 2 is 1.90 bits per heavy atom. The van der Waals surface area contributed by atoms with Crippen LogP contribution in [0.15, 0.2) is 47.5 Å². The molecule has 2 atom stereocenters. The number of ether oxygens (including phenoxy) is 1. The van der Waals surface area contributed by atoms with Crippen LogP contribution in [0.3, 0.4) is 0 Å². The molecule has 2 aromatic rings. The number of hydrogen-bond acceptors (Lipinski definition) is 6. The second-order valence-corrected chi connectivity index (χ2v) is 9.11. The van der Waals surface area contributed by atoms with Gasteiger partial charge in [-0.3, -0.25) is 9.59 Å². The molecule has 8 heteroatoms. The molecule has 1 fully saturated rings. The van der Waals surface area contributed by atoms with Gasteiger partial charge in [0, 0.05) is 43.1 Å². The van der Waals surface area contributed by atoms with Crippen molar-refractivity contribution < 1.29 is 14.3 Å². The summed E-state index contributed by atoms with van der Waals surface area (Å²) in [7, 11) is 0. The Kier molecular flexibility index (Phi) is 6.77. The Hall–Kier alpha value is -2.58. The first kappa shape index (κ1) is 21.6. The Morgan fingerprint density at radius 3 is 2.65 bits per heavy atom. The molecule has 164 valence electrons. The maximum Gasteiger partial charge on any atom is 0.227 e. The van der Waals surface area contributed by atoms with Gasteiger partial charge in [-0.2, -0.15) is 0 Å². The minimum atomic E-state index is -0.184. The van der Waals surface area contributed by atoms with Crippen molar-refractivity contribution in [3.05, 3.63) is 42.6 Å². The molecular formula is C23H28N4O3S. The lowest BCUT2D eigenvalue weighted by Gasteiger charge is -2.36. The molecule has 3 heterocycles. The fourth-order valence-electron chi connectivity index (χ4n) is 4.02. The number of nitrogens with one attached hydrogen (secondary N) is 1. The Labute approximate surface area is 187 Å². The normalized spacial score (nSPS) is 20.8. The lowest BCUT2D eigenvalue weighted by Crippen LogP contribution is -2.45. The number of hydrogen-bond donors (Lipinski definition) is 1. The molecule has 2 aliphatic heterocycles. The molecule has 1 N–H and O–H groups in total. The number of carbonyl (C=O) groups excluding carboxylic acids is 2. The van der Waals surface area contributed by atoms with E-state index in [9.17, 15) is 9.59 Å². The molecule has 31 heavy (non-hydrogen) atoms. The van der Waals surface area contributed by atoms with Gasteiger partial charge in [0.25, 0.3) is 0 Å². The van der Waals surface area contributed by atoms with Crippen LogP contribution in [-0.4, -0.2) is 54.4 Å². The molecule has 2 amide bonds. The SMILES string of the molecule is CC1CN(c2ccc(NC(=O)CCC(=O)N3CCSc4ccccc43)cn2)CC(C)O1. The van der Waals surface area contributed by atoms with E-state index in [0.717, 1.165) is 35.2 Å². The van der Waals surface area contributed by atoms with Crippen LogP contribution in [0.4, 0.5) is 17.2 Å². The quantitative estimate of drug-likeness (QED) is 0.766. The number of amides is 2. The largest absolute Gasteiger partial charge is 0.372 e. The minimum absolute atomic E-state index is 0.0214. The molecule has 2 aliphatic rings. The number of nitrogens with zero attached hydrogens (tertiary/aromatic N) is 3. The van der Waals surface area contributed by atoms with Crippen LogP contribution >= 0.6 is 11.8 Å². The highest BCUT2D eigenvalue weighted by atomic mass is 32.2. The predicted octanol–water partition coefficient (Wildman–Crippen LogP) is 3.55. The van der Waals surface area contributed by atoms with Crippen LogP contribution in [0.2, 0.25) is 0 Å². The van der Waals surface area contributed by atoms with Gasteiger partial charge in [-0.25, -0.2) is 4.98 Å². The Balaban J connectivity index is 1.29. The molecule has 2 unspecified atom stereocenters. The summed E-state index contributed by atoms with van der Waals surface area (Å²) in [6.45, 7) is 6.37. The van der Waals surface area contributed by atoms with Gasteiger partial charge >= 0.3 is 0 Å². The summed E-state index contributed by atoms with van der Waals surface area (Å²) >= 11 is 1.76. The number of fused-ring (bicyclic) bond motifs is 1. The van der Waals surface area contributed by atoms with Crippen molar-refractivity contribution in [1.82, 2.24) is 4.98 Å². The molecule has 0 bridgehead atoms. The maximum absolute atomic E-state index is 12.7. The van der Waals surface area contributed by atoms with Gasteiger partial charge in [0.15, 0.2) is 0 Å². The second-order valence-electron chi connectivity index (χ2n) is 7.98. The van der Waals surface area contributed by atoms with Gasteiger partial charge in [-0.05, 0) is 38.1 Å². The summed E-state index contributed by atoms with van der Waals surface area (Å²) < 4.78 is 5.77. The maximum atomic E-state index is 12.7. The molecule has 0 radical (unpaired) electrons. The van der Waals surface area contributed by atoms with Crippen LogP contribution in [0.1, 0.15) is 26.7 Å². The molecular weight excluding hydrogens is 412 g/mol. The molecule has 0 spiro atoms. The van der Waals surface area contributed by atoms with Crippen molar-refractivity contribution >= 4 is 40.8 Å². The van der Waals surface area contributed by atoms with Crippen molar-refractivity contribution in [3.8, 4) is 0 Å². The topological polar surface area (TPSA) is 74.8 Å². The second kappa shape index (κ2) is 9.70. The zero-order valence-electron chi connectivity index (χ0n) is 17.9. The first-order valence-electron chi connectivity index (χ1n) is 10.7. The molecule has 1 aromatic heterocycles. The van der Waals surface area contributed by atoms with Gasteiger partial charge < -0.3 is 19.9 Å². The van der Waals surface area contributed by atoms with Crippen molar-refractivity contribution in [2.24, 2.45) is 0 Å². The van der Waals surface area contributed by atoms with Gasteiger partial charge in [0.2, 0.25) is 11.8 Å². The smallest absolute Gasteiger partial charge is 0.227 e. The van der Waals surface area contributed by atoms with E-state index in [2.05, 4.69) is 29.0 Å². The number of anilines is 3. The van der Waals surface area contributed by atoms with Crippen LogP contribution in [-0.2, 0) is 14.3 Å². The predicted molar refractivity (Wildman–Crippen MR) is 124 cm³/mol. The fraction of sp³-hybridized carbons (Fsp3) is 0.435. The van der Waals surface area contributed by atoms with Crippen molar-refractivity contribution in [2.75, 3.05) is 40.5 Å². The number of rotatable bonds is 5. The van der Waals surface area contributed by atoms with E-state index in [1.165, 1.54) is 0 Å². The first-order valence-corrected chi connectivity index (χ1v) is 11.7. The number of carbonyl (C=O) groups is 2. The third-order valence-electron chi connectivity index (χ3n) is 5.37. The molecule has 4 rings (SSSR count). The average molecular weight is 441 g/mol. The highest BCUT2D eigenvalue weighted by molar-refractivity contribution is 7.99. The summed E-state index contributed by atoms with van der Waals surface area (Å²) in [5, 5.41) is 2.85. The van der Waals surface area contributed by atoms with Gasteiger partial charge in [0.05, 0.1) is 29.8 Å². The summed E-state index contributed by atoms with van der Waals surface area (Å²) in [5.74, 6) is 1.54. The minimum Gasteiger partial charge on any atom is -0.372 e. The van der Waals surface area contributed by atoms with E-state index in [1.54, 1.807) is 22.9 Å². The summed E-state index contributed by atoms with van der Waals surface area (Å²) in [5.41, 5.74) is 1.57. The highest BCUT2D eigenvalue weighted by Crippen LogP contribution is 2.34. The van der Waals surface area contributed by atoms with Crippen molar-refractivity contribution in [1.29, 1.82) is 0 Å². The molecule has 7 nitrogen and oxygen atoms in total. The lowest BCUT2D eigenvalue weighted by atomic mass is 10.2. The van der Waals surface area contributed by atoms with E-state index in [0.29, 0.717) is 12.2 Å². The van der Waals surface area contributed by atoms with Crippen LogP contribution in [0.25, 0.3) is 0 Å². The number of morpholine rings is 1. The Bertz CT molecular complexity index is 927. The molecule has 0 aliphatic carbocycles. The first-order chi connectivity index (χ1) is 15.0. The van der Waals surface area contributed by atoms with Crippen molar-refractivity contribution in [3.63, 3.8) is 0 Å². The number of aromatic nitrogens is 1. The van der Waals surface area contributed by atoms with Crippen LogP contribution in [0.5, 0.6) is 0 Å². The third kappa shape index (κ3) is 5.37. The number of pyridine rings is 1. The summed E-state index contributed by atoms with van der Waals surface area (Å²) in [4.78, 5) is 34.7. The molecule has 0 saturated carbocycles. The third-order valence-corrected chi connectivity index (χ3v) is 6.41. The highest BCUT2D eigenvalue weighted by Gasteiger charge is 2.24. The van der Waals surface area contributed by atoms with Gasteiger partial charge in [0.1, 0.15) is 5.82 Å². The van der Waals surface area contributed by atoms with Gasteiger partial charge in [-0.15, -0.1) is 11.8 Å². The lowest BCUT2D eigenvalue weighted by molar-refractivity contribution is -0.122. The monoisotopic (exact) mass is 440 g/mol. The van der Waals surface area contributed by atoms with E-state index in [-0.39, 0.29) is 36.9 Å². The summed E-state index contributed by atoms with van der Waals surface area (Å²) in [6, 6.07) is 11.7. The molecule has 1 aromatic carbocycles. The summed E-state index contributed by atoms with van der Waals surface area (Å²) in [6.07, 6.45) is 2.31. The van der Waals surface area contributed by atoms with Crippen molar-refractivity contribution in [2.45, 2.75) is 43.8 Å². The van der Waals surface area contributed by atoms with E-state index in [4.69, 9.17) is 4.74 Å². The number of benzene rings is 1. The van der Waals surface area contributed by atoms with Crippen LogP contribution < -0.4 is 15.1 Å².